The summed E-state index contributed by atoms with van der Waals surface area (Å²) in [5, 5.41) is 11.7. The van der Waals surface area contributed by atoms with Crippen LogP contribution in [0.15, 0.2) is 28.7 Å². The fourth-order valence-electron chi connectivity index (χ4n) is 1.81. The molecule has 2 unspecified atom stereocenters. The highest BCUT2D eigenvalue weighted by molar-refractivity contribution is 9.10. The summed E-state index contributed by atoms with van der Waals surface area (Å²) in [6, 6.07) is 7.24. The van der Waals surface area contributed by atoms with E-state index in [0.717, 1.165) is 10.9 Å². The zero-order valence-electron chi connectivity index (χ0n) is 12.1. The van der Waals surface area contributed by atoms with Crippen LogP contribution in [0.1, 0.15) is 26.7 Å². The molecular formula is C15H20BrNO4. The van der Waals surface area contributed by atoms with Crippen LogP contribution < -0.4 is 10.1 Å². The zero-order chi connectivity index (χ0) is 15.8. The predicted octanol–water partition coefficient (Wildman–Crippen LogP) is 2.83. The molecule has 0 aliphatic carbocycles. The first-order chi connectivity index (χ1) is 9.95. The number of carbonyl (C=O) groups is 2. The van der Waals surface area contributed by atoms with Gasteiger partial charge in [-0.05, 0) is 41.4 Å². The van der Waals surface area contributed by atoms with Crippen LogP contribution in [-0.4, -0.2) is 29.6 Å². The van der Waals surface area contributed by atoms with Gasteiger partial charge in [0.1, 0.15) is 5.75 Å². The van der Waals surface area contributed by atoms with Crippen molar-refractivity contribution in [3.8, 4) is 5.75 Å². The third-order valence-corrected chi connectivity index (χ3v) is 3.67. The fourth-order valence-corrected chi connectivity index (χ4v) is 2.19. The Hall–Kier alpha value is -1.56. The van der Waals surface area contributed by atoms with Gasteiger partial charge < -0.3 is 15.2 Å². The van der Waals surface area contributed by atoms with Crippen molar-refractivity contribution in [1.82, 2.24) is 5.32 Å². The second-order valence-corrected chi connectivity index (χ2v) is 5.61. The minimum absolute atomic E-state index is 0.117. The van der Waals surface area contributed by atoms with Crippen molar-refractivity contribution in [2.24, 2.45) is 5.92 Å². The number of halogens is 1. The first-order valence-electron chi connectivity index (χ1n) is 6.87. The Morgan fingerprint density at radius 1 is 1.38 bits per heavy atom. The van der Waals surface area contributed by atoms with Gasteiger partial charge in [-0.1, -0.05) is 25.5 Å². The Bertz CT molecular complexity index is 492. The maximum absolute atomic E-state index is 11.9. The van der Waals surface area contributed by atoms with Crippen LogP contribution in [0.5, 0.6) is 5.75 Å². The second kappa shape index (κ2) is 8.67. The Morgan fingerprint density at radius 3 is 2.62 bits per heavy atom. The highest BCUT2D eigenvalue weighted by Crippen LogP contribution is 2.24. The zero-order valence-corrected chi connectivity index (χ0v) is 13.7. The van der Waals surface area contributed by atoms with E-state index in [2.05, 4.69) is 21.2 Å². The van der Waals surface area contributed by atoms with Crippen LogP contribution >= 0.6 is 15.9 Å². The van der Waals surface area contributed by atoms with E-state index in [1.54, 1.807) is 13.0 Å². The van der Waals surface area contributed by atoms with Crippen LogP contribution in [0, 0.1) is 5.92 Å². The number of carboxylic acids is 1. The lowest BCUT2D eigenvalue weighted by molar-refractivity contribution is -0.142. The molecule has 0 radical (unpaired) electrons. The summed E-state index contributed by atoms with van der Waals surface area (Å²) in [7, 11) is 0. The average Bonchev–Trinajstić information content (AvgIpc) is 2.45. The van der Waals surface area contributed by atoms with Gasteiger partial charge in [0, 0.05) is 6.54 Å². The second-order valence-electron chi connectivity index (χ2n) is 4.76. The van der Waals surface area contributed by atoms with Gasteiger partial charge in [0.25, 0.3) is 5.91 Å². The number of benzene rings is 1. The molecule has 0 heterocycles. The van der Waals surface area contributed by atoms with Crippen molar-refractivity contribution < 1.29 is 19.4 Å². The number of hydrogen-bond donors (Lipinski definition) is 2. The molecule has 0 spiro atoms. The van der Waals surface area contributed by atoms with Crippen molar-refractivity contribution in [3.63, 3.8) is 0 Å². The quantitative estimate of drug-likeness (QED) is 0.749. The molecule has 0 bridgehead atoms. The Morgan fingerprint density at radius 2 is 2.05 bits per heavy atom. The van der Waals surface area contributed by atoms with Crippen molar-refractivity contribution in [1.29, 1.82) is 0 Å². The lowest BCUT2D eigenvalue weighted by Crippen LogP contribution is -2.40. The lowest BCUT2D eigenvalue weighted by atomic mass is 10.0. The number of para-hydroxylation sites is 1. The molecule has 6 heteroatoms. The Balaban J connectivity index is 2.51. The summed E-state index contributed by atoms with van der Waals surface area (Å²) in [4.78, 5) is 23.0. The molecule has 0 aromatic heterocycles. The summed E-state index contributed by atoms with van der Waals surface area (Å²) in [6.07, 6.45) is 0.602. The average molecular weight is 358 g/mol. The number of amides is 1. The van der Waals surface area contributed by atoms with Crippen LogP contribution in [0.25, 0.3) is 0 Å². The van der Waals surface area contributed by atoms with Gasteiger partial charge >= 0.3 is 5.97 Å². The normalized spacial score (nSPS) is 13.3. The number of aliphatic carboxylic acids is 1. The van der Waals surface area contributed by atoms with Crippen LogP contribution in [-0.2, 0) is 9.59 Å². The molecule has 1 amide bonds. The molecule has 1 rings (SSSR count). The van der Waals surface area contributed by atoms with Crippen LogP contribution in [0.3, 0.4) is 0 Å². The van der Waals surface area contributed by atoms with E-state index in [-0.39, 0.29) is 12.5 Å². The van der Waals surface area contributed by atoms with Gasteiger partial charge in [0.05, 0.1) is 10.4 Å². The number of ether oxygens (including phenoxy) is 1. The van der Waals surface area contributed by atoms with Gasteiger partial charge in [-0.15, -0.1) is 0 Å². The molecule has 2 N–H and O–H groups in total. The number of hydrogen-bond acceptors (Lipinski definition) is 3. The number of nitrogens with one attached hydrogen (secondary N) is 1. The van der Waals surface area contributed by atoms with E-state index in [4.69, 9.17) is 9.84 Å². The molecule has 0 saturated heterocycles. The maximum atomic E-state index is 11.9. The van der Waals surface area contributed by atoms with E-state index in [1.807, 2.05) is 25.1 Å². The summed E-state index contributed by atoms with van der Waals surface area (Å²) in [5.74, 6) is -1.21. The number of carbonyl (C=O) groups excluding carboxylic acids is 1. The molecule has 2 atom stereocenters. The largest absolute Gasteiger partial charge is 0.481 e. The standard InChI is InChI=1S/C15H20BrNO4/c1-3-6-11(15(19)20)9-17-14(18)10(2)21-13-8-5-4-7-12(13)16/h4-5,7-8,10-11H,3,6,9H2,1-2H3,(H,17,18)(H,19,20). The van der Waals surface area contributed by atoms with Gasteiger partial charge in [0.2, 0.25) is 0 Å². The topological polar surface area (TPSA) is 75.6 Å². The number of carboxylic acid groups (broad SMARTS) is 1. The molecular weight excluding hydrogens is 338 g/mol. The van der Waals surface area contributed by atoms with Crippen LogP contribution in [0.4, 0.5) is 0 Å². The maximum Gasteiger partial charge on any atom is 0.308 e. The third-order valence-electron chi connectivity index (χ3n) is 3.02. The summed E-state index contributed by atoms with van der Waals surface area (Å²) >= 11 is 3.34. The molecule has 5 nitrogen and oxygen atoms in total. The first kappa shape index (κ1) is 17.5. The Kier molecular flexibility index (Phi) is 7.22. The van der Waals surface area contributed by atoms with E-state index in [1.165, 1.54) is 0 Å². The molecule has 1 aromatic carbocycles. The smallest absolute Gasteiger partial charge is 0.308 e. The van der Waals surface area contributed by atoms with E-state index in [0.29, 0.717) is 12.2 Å². The summed E-state index contributed by atoms with van der Waals surface area (Å²) in [5.41, 5.74) is 0. The summed E-state index contributed by atoms with van der Waals surface area (Å²) < 4.78 is 6.32. The predicted molar refractivity (Wildman–Crippen MR) is 83.3 cm³/mol. The van der Waals surface area contributed by atoms with Crippen LogP contribution in [0.2, 0.25) is 0 Å². The highest BCUT2D eigenvalue weighted by Gasteiger charge is 2.20. The molecule has 0 fully saturated rings. The van der Waals surface area contributed by atoms with Gasteiger partial charge in [-0.25, -0.2) is 0 Å². The molecule has 0 aliphatic heterocycles. The lowest BCUT2D eigenvalue weighted by Gasteiger charge is -2.17. The van der Waals surface area contributed by atoms with E-state index < -0.39 is 18.0 Å². The monoisotopic (exact) mass is 357 g/mol. The van der Waals surface area contributed by atoms with Crippen molar-refractivity contribution in [3.05, 3.63) is 28.7 Å². The van der Waals surface area contributed by atoms with E-state index >= 15 is 0 Å². The Labute approximate surface area is 132 Å². The molecule has 0 saturated carbocycles. The van der Waals surface area contributed by atoms with Crippen molar-refractivity contribution in [2.45, 2.75) is 32.8 Å². The van der Waals surface area contributed by atoms with E-state index in [9.17, 15) is 9.59 Å². The van der Waals surface area contributed by atoms with Gasteiger partial charge in [-0.2, -0.15) is 0 Å². The minimum atomic E-state index is -0.892. The SMILES string of the molecule is CCCC(CNC(=O)C(C)Oc1ccccc1Br)C(=O)O. The van der Waals surface area contributed by atoms with Gasteiger partial charge in [0.15, 0.2) is 6.10 Å². The van der Waals surface area contributed by atoms with Crippen molar-refractivity contribution >= 4 is 27.8 Å². The molecule has 116 valence electrons. The molecule has 1 aromatic rings. The summed E-state index contributed by atoms with van der Waals surface area (Å²) in [6.45, 7) is 3.66. The minimum Gasteiger partial charge on any atom is -0.481 e. The molecule has 21 heavy (non-hydrogen) atoms. The number of rotatable bonds is 8. The molecule has 0 aliphatic rings. The first-order valence-corrected chi connectivity index (χ1v) is 7.66. The van der Waals surface area contributed by atoms with Crippen molar-refractivity contribution in [2.75, 3.05) is 6.54 Å². The fraction of sp³-hybridized carbons (Fsp3) is 0.467. The van der Waals surface area contributed by atoms with Gasteiger partial charge in [-0.3, -0.25) is 9.59 Å². The third kappa shape index (κ3) is 5.75. The highest BCUT2D eigenvalue weighted by atomic mass is 79.9.